The van der Waals surface area contributed by atoms with E-state index in [0.29, 0.717) is 0 Å². The molecular formula is C10H16NS+. The zero-order valence-electron chi connectivity index (χ0n) is 8.19. The second-order valence-electron chi connectivity index (χ2n) is 3.33. The maximum absolute atomic E-state index is 4.26. The lowest BCUT2D eigenvalue weighted by atomic mass is 10.4. The van der Waals surface area contributed by atoms with E-state index in [4.69, 9.17) is 0 Å². The quantitative estimate of drug-likeness (QED) is 0.598. The molecule has 0 bridgehead atoms. The standard InChI is InChI=1S/C10H15NS/c1-2-6-10(5-1)12-8-4-3-7-11-9-12/h3-4,7-10,12H,1-2,5-6H2/p+1. The van der Waals surface area contributed by atoms with Gasteiger partial charge in [-0.25, -0.2) is 0 Å². The van der Waals surface area contributed by atoms with Crippen LogP contribution in [0.15, 0.2) is 28.8 Å². The van der Waals surface area contributed by atoms with Crippen molar-refractivity contribution >= 4 is 16.4 Å². The molecule has 0 amide bonds. The molecule has 1 nitrogen and oxygen atoms in total. The van der Waals surface area contributed by atoms with Gasteiger partial charge in [-0.05, 0) is 29.6 Å². The topological polar surface area (TPSA) is 12.4 Å². The molecule has 1 atom stereocenters. The minimum atomic E-state index is -0.0342. The number of thiol groups is 1. The SMILES string of the molecule is C1=CN=C[SH](C2CCCC2)C=C1.[H+]. The minimum absolute atomic E-state index is 0. The fraction of sp³-hybridized carbons (Fsp3) is 0.500. The van der Waals surface area contributed by atoms with E-state index < -0.39 is 0 Å². The number of nitrogens with zero attached hydrogens (tertiary/aromatic N) is 1. The highest BCUT2D eigenvalue weighted by Crippen LogP contribution is 2.41. The number of rotatable bonds is 1. The molecular weight excluding hydrogens is 166 g/mol. The predicted octanol–water partition coefficient (Wildman–Crippen LogP) is 3.11. The smallest absolute Gasteiger partial charge is 0.259 e. The zero-order valence-corrected chi connectivity index (χ0v) is 8.08. The molecule has 0 radical (unpaired) electrons. The summed E-state index contributed by atoms with van der Waals surface area (Å²) >= 11 is 0. The van der Waals surface area contributed by atoms with E-state index >= 15 is 0 Å². The Hall–Kier alpha value is -0.500. The number of allylic oxidation sites excluding steroid dienone is 2. The van der Waals surface area contributed by atoms with Crippen molar-refractivity contribution in [3.63, 3.8) is 0 Å². The van der Waals surface area contributed by atoms with Gasteiger partial charge in [0.15, 0.2) is 0 Å². The molecule has 12 heavy (non-hydrogen) atoms. The minimum Gasteiger partial charge on any atom is -0.259 e. The molecule has 1 unspecified atom stereocenters. The Bertz CT molecular complexity index is 213. The first-order valence-corrected chi connectivity index (χ1v) is 6.16. The summed E-state index contributed by atoms with van der Waals surface area (Å²) in [5.41, 5.74) is 2.16. The average molecular weight is 182 g/mol. The van der Waals surface area contributed by atoms with Gasteiger partial charge in [0, 0.05) is 11.7 Å². The second kappa shape index (κ2) is 3.94. The number of hydrogen-bond acceptors (Lipinski definition) is 1. The van der Waals surface area contributed by atoms with Gasteiger partial charge in [0.2, 0.25) is 0 Å². The predicted molar refractivity (Wildman–Crippen MR) is 59.1 cm³/mol. The van der Waals surface area contributed by atoms with Crippen molar-refractivity contribution in [2.45, 2.75) is 30.9 Å². The first-order valence-electron chi connectivity index (χ1n) is 4.61. The van der Waals surface area contributed by atoms with Gasteiger partial charge in [0.1, 0.15) is 0 Å². The third kappa shape index (κ3) is 1.81. The largest absolute Gasteiger partial charge is 1.00 e. The summed E-state index contributed by atoms with van der Waals surface area (Å²) in [5.74, 6) is 0. The molecule has 2 heteroatoms. The van der Waals surface area contributed by atoms with E-state index in [1.807, 2.05) is 12.3 Å². The molecule has 0 aromatic rings. The van der Waals surface area contributed by atoms with E-state index in [-0.39, 0.29) is 12.3 Å². The van der Waals surface area contributed by atoms with Gasteiger partial charge in [0.05, 0.1) is 0 Å². The average Bonchev–Trinajstić information content (AvgIpc) is 2.48. The number of aliphatic imine (C=N–C) groups is 1. The number of hydrogen-bond donors (Lipinski definition) is 1. The van der Waals surface area contributed by atoms with Crippen LogP contribution in [0.25, 0.3) is 0 Å². The van der Waals surface area contributed by atoms with E-state index in [1.165, 1.54) is 25.7 Å². The van der Waals surface area contributed by atoms with Crippen molar-refractivity contribution in [2.24, 2.45) is 4.99 Å². The van der Waals surface area contributed by atoms with Crippen LogP contribution in [0.2, 0.25) is 0 Å². The van der Waals surface area contributed by atoms with Crippen LogP contribution in [0.1, 0.15) is 27.1 Å². The highest BCUT2D eigenvalue weighted by molar-refractivity contribution is 8.31. The Morgan fingerprint density at radius 3 is 2.92 bits per heavy atom. The molecule has 0 N–H and O–H groups in total. The maximum atomic E-state index is 4.26. The summed E-state index contributed by atoms with van der Waals surface area (Å²) in [6.45, 7) is 0. The summed E-state index contributed by atoms with van der Waals surface area (Å²) < 4.78 is 0. The molecule has 1 aliphatic heterocycles. The van der Waals surface area contributed by atoms with Crippen molar-refractivity contribution < 1.29 is 1.43 Å². The molecule has 0 aromatic carbocycles. The van der Waals surface area contributed by atoms with Crippen molar-refractivity contribution in [1.82, 2.24) is 0 Å². The Balaban J connectivity index is 0.000000845. The highest BCUT2D eigenvalue weighted by atomic mass is 32.2. The molecule has 0 spiro atoms. The third-order valence-corrected chi connectivity index (χ3v) is 4.76. The fourth-order valence-electron chi connectivity index (χ4n) is 1.82. The summed E-state index contributed by atoms with van der Waals surface area (Å²) in [7, 11) is -0.0342. The lowest BCUT2D eigenvalue weighted by Crippen LogP contribution is -2.00. The summed E-state index contributed by atoms with van der Waals surface area (Å²) in [5, 5.41) is 3.28. The van der Waals surface area contributed by atoms with Crippen LogP contribution in [-0.2, 0) is 0 Å². The summed E-state index contributed by atoms with van der Waals surface area (Å²) in [6, 6.07) is 0. The Kier molecular flexibility index (Phi) is 2.67. The molecule has 66 valence electrons. The van der Waals surface area contributed by atoms with Gasteiger partial charge in [-0.3, -0.25) is 4.99 Å². The highest BCUT2D eigenvalue weighted by Gasteiger charge is 2.18. The normalized spacial score (nSPS) is 32.5. The third-order valence-electron chi connectivity index (χ3n) is 2.49. The van der Waals surface area contributed by atoms with Crippen LogP contribution in [0.5, 0.6) is 0 Å². The lowest BCUT2D eigenvalue weighted by Gasteiger charge is -2.18. The zero-order chi connectivity index (χ0) is 8.23. The van der Waals surface area contributed by atoms with Crippen LogP contribution >= 0.6 is 10.9 Å². The van der Waals surface area contributed by atoms with Crippen molar-refractivity contribution in [1.29, 1.82) is 0 Å². The van der Waals surface area contributed by atoms with Gasteiger partial charge >= 0.3 is 1.43 Å². The van der Waals surface area contributed by atoms with Crippen molar-refractivity contribution in [2.75, 3.05) is 0 Å². The first kappa shape index (κ1) is 8.11. The van der Waals surface area contributed by atoms with Gasteiger partial charge in [0.25, 0.3) is 0 Å². The molecule has 1 fully saturated rings. The van der Waals surface area contributed by atoms with Crippen LogP contribution in [0.4, 0.5) is 0 Å². The second-order valence-corrected chi connectivity index (χ2v) is 5.49. The van der Waals surface area contributed by atoms with Gasteiger partial charge in [-0.2, -0.15) is 10.9 Å². The van der Waals surface area contributed by atoms with E-state index in [9.17, 15) is 0 Å². The van der Waals surface area contributed by atoms with Gasteiger partial charge in [-0.1, -0.05) is 18.9 Å². The van der Waals surface area contributed by atoms with Crippen LogP contribution in [0.3, 0.4) is 0 Å². The Morgan fingerprint density at radius 1 is 1.25 bits per heavy atom. The van der Waals surface area contributed by atoms with Crippen LogP contribution in [-0.4, -0.2) is 10.8 Å². The van der Waals surface area contributed by atoms with Crippen molar-refractivity contribution in [3.8, 4) is 0 Å². The molecule has 1 saturated carbocycles. The lowest BCUT2D eigenvalue weighted by molar-refractivity contribution is 0.886. The first-order chi connectivity index (χ1) is 5.97. The molecule has 2 aliphatic rings. The summed E-state index contributed by atoms with van der Waals surface area (Å²) in [4.78, 5) is 4.26. The Labute approximate surface area is 78.1 Å². The summed E-state index contributed by atoms with van der Waals surface area (Å²) in [6.07, 6.45) is 11.7. The van der Waals surface area contributed by atoms with Crippen molar-refractivity contribution in [3.05, 3.63) is 23.8 Å². The van der Waals surface area contributed by atoms with E-state index in [2.05, 4.69) is 22.0 Å². The van der Waals surface area contributed by atoms with Gasteiger partial charge < -0.3 is 0 Å². The fourth-order valence-corrected chi connectivity index (χ4v) is 3.82. The van der Waals surface area contributed by atoms with E-state index in [1.54, 1.807) is 0 Å². The molecule has 0 saturated heterocycles. The monoisotopic (exact) mass is 182 g/mol. The van der Waals surface area contributed by atoms with Crippen LogP contribution < -0.4 is 0 Å². The molecule has 1 heterocycles. The maximum Gasteiger partial charge on any atom is 1.00 e. The Morgan fingerprint density at radius 2 is 2.08 bits per heavy atom. The molecule has 2 rings (SSSR count). The van der Waals surface area contributed by atoms with E-state index in [0.717, 1.165) is 5.25 Å². The molecule has 0 aromatic heterocycles. The van der Waals surface area contributed by atoms with Crippen LogP contribution in [0, 0.1) is 0 Å². The van der Waals surface area contributed by atoms with Gasteiger partial charge in [-0.15, -0.1) is 0 Å². The molecule has 1 aliphatic carbocycles.